The summed E-state index contributed by atoms with van der Waals surface area (Å²) in [6.07, 6.45) is 5.66. The van der Waals surface area contributed by atoms with Gasteiger partial charge in [-0.2, -0.15) is 0 Å². The first-order valence-corrected chi connectivity index (χ1v) is 3.38. The van der Waals surface area contributed by atoms with E-state index in [0.717, 1.165) is 12.8 Å². The van der Waals surface area contributed by atoms with Gasteiger partial charge in [0.2, 0.25) is 0 Å². The van der Waals surface area contributed by atoms with E-state index in [1.807, 2.05) is 0 Å². The second-order valence-corrected chi connectivity index (χ2v) is 2.49. The number of aliphatic hydroxyl groups is 1. The highest BCUT2D eigenvalue weighted by Crippen LogP contribution is 2.19. The highest BCUT2D eigenvalue weighted by atomic mass is 16.4. The van der Waals surface area contributed by atoms with Crippen molar-refractivity contribution >= 4 is 6.21 Å². The second-order valence-electron chi connectivity index (χ2n) is 2.49. The Morgan fingerprint density at radius 2 is 2.50 bits per heavy atom. The largest absolute Gasteiger partial charge is 0.513 e. The molecule has 2 N–H and O–H groups in total. The van der Waals surface area contributed by atoms with Gasteiger partial charge in [-0.3, -0.25) is 0 Å². The summed E-state index contributed by atoms with van der Waals surface area (Å²) in [6.45, 7) is 0. The Labute approximate surface area is 59.7 Å². The summed E-state index contributed by atoms with van der Waals surface area (Å²) in [7, 11) is 0. The number of nitrogens with zero attached hydrogens (tertiary/aromatic N) is 1. The van der Waals surface area contributed by atoms with E-state index >= 15 is 0 Å². The van der Waals surface area contributed by atoms with Gasteiger partial charge in [0.1, 0.15) is 0 Å². The maximum atomic E-state index is 8.95. The van der Waals surface area contributed by atoms with Crippen molar-refractivity contribution in [1.29, 1.82) is 0 Å². The molecule has 1 aliphatic carbocycles. The van der Waals surface area contributed by atoms with Crippen molar-refractivity contribution in [3.05, 3.63) is 11.8 Å². The Bertz CT molecular complexity index is 163. The van der Waals surface area contributed by atoms with Crippen LogP contribution in [-0.4, -0.2) is 16.5 Å². The molecule has 1 unspecified atom stereocenters. The van der Waals surface area contributed by atoms with Crippen LogP contribution in [0.2, 0.25) is 0 Å². The number of hydrogen-bond acceptors (Lipinski definition) is 3. The summed E-state index contributed by atoms with van der Waals surface area (Å²) in [5.74, 6) is 0.767. The molecule has 1 aliphatic rings. The third-order valence-corrected chi connectivity index (χ3v) is 1.70. The molecule has 0 saturated carbocycles. The van der Waals surface area contributed by atoms with Crippen molar-refractivity contribution in [2.24, 2.45) is 11.1 Å². The van der Waals surface area contributed by atoms with Crippen LogP contribution in [0.3, 0.4) is 0 Å². The first kappa shape index (κ1) is 7.12. The van der Waals surface area contributed by atoms with E-state index in [-0.39, 0.29) is 0 Å². The average molecular weight is 141 g/mol. The summed E-state index contributed by atoms with van der Waals surface area (Å²) >= 11 is 0. The van der Waals surface area contributed by atoms with Gasteiger partial charge >= 0.3 is 0 Å². The molecule has 0 heterocycles. The molecule has 56 valence electrons. The molecular weight excluding hydrogens is 130 g/mol. The Morgan fingerprint density at radius 1 is 1.70 bits per heavy atom. The molecule has 3 heteroatoms. The van der Waals surface area contributed by atoms with Crippen LogP contribution in [0, 0.1) is 5.92 Å². The van der Waals surface area contributed by atoms with E-state index in [1.54, 1.807) is 6.08 Å². The van der Waals surface area contributed by atoms with Crippen molar-refractivity contribution in [2.45, 2.75) is 19.3 Å². The molecule has 0 amide bonds. The van der Waals surface area contributed by atoms with Gasteiger partial charge in [-0.05, 0) is 18.9 Å². The Hall–Kier alpha value is -0.990. The Morgan fingerprint density at radius 3 is 3.00 bits per heavy atom. The molecule has 0 fully saturated rings. The summed E-state index contributed by atoms with van der Waals surface area (Å²) in [4.78, 5) is 0. The SMILES string of the molecule is O/N=C/C1CC=C(O)CC1. The Kier molecular flexibility index (Phi) is 2.31. The molecule has 3 nitrogen and oxygen atoms in total. The molecule has 0 aromatic heterocycles. The van der Waals surface area contributed by atoms with Crippen molar-refractivity contribution in [3.8, 4) is 0 Å². The lowest BCUT2D eigenvalue weighted by atomic mass is 9.95. The van der Waals surface area contributed by atoms with Gasteiger partial charge in [-0.1, -0.05) is 0 Å². The monoisotopic (exact) mass is 141 g/mol. The fourth-order valence-corrected chi connectivity index (χ4v) is 1.07. The van der Waals surface area contributed by atoms with Crippen LogP contribution in [0.5, 0.6) is 0 Å². The Balaban J connectivity index is 2.42. The zero-order valence-electron chi connectivity index (χ0n) is 5.70. The van der Waals surface area contributed by atoms with Crippen molar-refractivity contribution in [2.75, 3.05) is 0 Å². The van der Waals surface area contributed by atoms with E-state index in [0.29, 0.717) is 18.1 Å². The van der Waals surface area contributed by atoms with Crippen molar-refractivity contribution in [3.63, 3.8) is 0 Å². The van der Waals surface area contributed by atoms with Gasteiger partial charge < -0.3 is 10.3 Å². The minimum atomic E-state index is 0.306. The lowest BCUT2D eigenvalue weighted by molar-refractivity contribution is 0.314. The number of oxime groups is 1. The maximum Gasteiger partial charge on any atom is 0.0883 e. The smallest absolute Gasteiger partial charge is 0.0883 e. The van der Waals surface area contributed by atoms with Crippen LogP contribution >= 0.6 is 0 Å². The second kappa shape index (κ2) is 3.25. The lowest BCUT2D eigenvalue weighted by Crippen LogP contribution is -2.06. The molecular formula is C7H11NO2. The molecule has 0 aromatic rings. The minimum absolute atomic E-state index is 0.306. The highest BCUT2D eigenvalue weighted by Gasteiger charge is 2.10. The highest BCUT2D eigenvalue weighted by molar-refractivity contribution is 5.60. The normalized spacial score (nSPS) is 26.8. The van der Waals surface area contributed by atoms with Gasteiger partial charge in [0.15, 0.2) is 0 Å². The molecule has 0 spiro atoms. The van der Waals surface area contributed by atoms with E-state index in [9.17, 15) is 0 Å². The standard InChI is InChI=1S/C7H11NO2/c9-7-3-1-6(2-4-7)5-8-10/h3,5-6,9-10H,1-2,4H2/b8-5+. The third kappa shape index (κ3) is 1.76. The van der Waals surface area contributed by atoms with Crippen LogP contribution in [0.25, 0.3) is 0 Å². The molecule has 10 heavy (non-hydrogen) atoms. The molecule has 1 atom stereocenters. The lowest BCUT2D eigenvalue weighted by Gasteiger charge is -2.13. The van der Waals surface area contributed by atoms with E-state index in [2.05, 4.69) is 5.16 Å². The first-order chi connectivity index (χ1) is 4.83. The summed E-state index contributed by atoms with van der Waals surface area (Å²) in [5, 5.41) is 20.1. The van der Waals surface area contributed by atoms with Gasteiger partial charge in [0.25, 0.3) is 0 Å². The van der Waals surface area contributed by atoms with Crippen molar-refractivity contribution < 1.29 is 10.3 Å². The average Bonchev–Trinajstić information content (AvgIpc) is 1.95. The van der Waals surface area contributed by atoms with E-state index < -0.39 is 0 Å². The molecule has 0 saturated heterocycles. The molecule has 0 aromatic carbocycles. The van der Waals surface area contributed by atoms with Crippen LogP contribution in [0.15, 0.2) is 17.0 Å². The maximum absolute atomic E-state index is 8.95. The quantitative estimate of drug-likeness (QED) is 0.331. The van der Waals surface area contributed by atoms with Gasteiger partial charge in [0, 0.05) is 18.6 Å². The predicted molar refractivity (Wildman–Crippen MR) is 38.3 cm³/mol. The van der Waals surface area contributed by atoms with Crippen LogP contribution < -0.4 is 0 Å². The minimum Gasteiger partial charge on any atom is -0.513 e. The first-order valence-electron chi connectivity index (χ1n) is 3.38. The van der Waals surface area contributed by atoms with Crippen LogP contribution in [0.1, 0.15) is 19.3 Å². The van der Waals surface area contributed by atoms with Gasteiger partial charge in [0.05, 0.1) is 5.76 Å². The predicted octanol–water partition coefficient (Wildman–Crippen LogP) is 1.69. The number of rotatable bonds is 1. The fourth-order valence-electron chi connectivity index (χ4n) is 1.07. The zero-order valence-corrected chi connectivity index (χ0v) is 5.70. The number of allylic oxidation sites excluding steroid dienone is 2. The molecule has 0 bridgehead atoms. The molecule has 1 rings (SSSR count). The number of hydrogen-bond donors (Lipinski definition) is 2. The zero-order chi connectivity index (χ0) is 7.40. The summed E-state index contributed by atoms with van der Waals surface area (Å²) in [5.41, 5.74) is 0. The summed E-state index contributed by atoms with van der Waals surface area (Å²) < 4.78 is 0. The van der Waals surface area contributed by atoms with Gasteiger partial charge in [-0.15, -0.1) is 5.16 Å². The van der Waals surface area contributed by atoms with Crippen LogP contribution in [-0.2, 0) is 0 Å². The van der Waals surface area contributed by atoms with Crippen molar-refractivity contribution in [1.82, 2.24) is 0 Å². The molecule has 0 radical (unpaired) electrons. The topological polar surface area (TPSA) is 52.8 Å². The fraction of sp³-hybridized carbons (Fsp3) is 0.571. The molecule has 0 aliphatic heterocycles. The summed E-state index contributed by atoms with van der Waals surface area (Å²) in [6, 6.07) is 0. The van der Waals surface area contributed by atoms with Gasteiger partial charge in [-0.25, -0.2) is 0 Å². The number of aliphatic hydroxyl groups excluding tert-OH is 1. The third-order valence-electron chi connectivity index (χ3n) is 1.70. The van der Waals surface area contributed by atoms with Crippen LogP contribution in [0.4, 0.5) is 0 Å². The van der Waals surface area contributed by atoms with E-state index in [4.69, 9.17) is 10.3 Å². The van der Waals surface area contributed by atoms with E-state index in [1.165, 1.54) is 6.21 Å².